The van der Waals surface area contributed by atoms with Crippen molar-refractivity contribution >= 4 is 23.6 Å². The standard InChI is InChI=1S/C10H18N2O2S/c1-4-12-9(13)5-8(10(12)14)11-7(2)6-15-3/h7-8,11H,4-6H2,1-3H3. The lowest BCUT2D eigenvalue weighted by molar-refractivity contribution is -0.138. The van der Waals surface area contributed by atoms with Crippen LogP contribution in [-0.4, -0.2) is 47.4 Å². The van der Waals surface area contributed by atoms with Crippen molar-refractivity contribution in [3.63, 3.8) is 0 Å². The van der Waals surface area contributed by atoms with Gasteiger partial charge in [-0.25, -0.2) is 0 Å². The molecule has 0 spiro atoms. The largest absolute Gasteiger partial charge is 0.302 e. The van der Waals surface area contributed by atoms with Crippen molar-refractivity contribution in [2.75, 3.05) is 18.6 Å². The van der Waals surface area contributed by atoms with E-state index in [1.807, 2.05) is 20.1 Å². The molecule has 1 heterocycles. The fraction of sp³-hybridized carbons (Fsp3) is 0.800. The summed E-state index contributed by atoms with van der Waals surface area (Å²) >= 11 is 1.73. The predicted molar refractivity (Wildman–Crippen MR) is 61.8 cm³/mol. The molecule has 2 amide bonds. The van der Waals surface area contributed by atoms with E-state index in [0.717, 1.165) is 5.75 Å². The number of carbonyl (C=O) groups is 2. The Balaban J connectivity index is 2.51. The minimum absolute atomic E-state index is 0.0589. The number of imide groups is 1. The smallest absolute Gasteiger partial charge is 0.246 e. The van der Waals surface area contributed by atoms with Crippen LogP contribution in [0.1, 0.15) is 20.3 Å². The molecule has 0 radical (unpaired) electrons. The first-order valence-corrected chi connectivity index (χ1v) is 6.58. The molecular weight excluding hydrogens is 212 g/mol. The van der Waals surface area contributed by atoms with Crippen LogP contribution in [0.15, 0.2) is 0 Å². The van der Waals surface area contributed by atoms with Crippen molar-refractivity contribution in [1.29, 1.82) is 0 Å². The summed E-state index contributed by atoms with van der Waals surface area (Å²) in [6.07, 6.45) is 2.34. The van der Waals surface area contributed by atoms with E-state index in [9.17, 15) is 9.59 Å². The molecule has 5 heteroatoms. The Morgan fingerprint density at radius 2 is 2.27 bits per heavy atom. The van der Waals surface area contributed by atoms with Crippen molar-refractivity contribution < 1.29 is 9.59 Å². The molecule has 1 saturated heterocycles. The summed E-state index contributed by atoms with van der Waals surface area (Å²) in [5.74, 6) is 0.816. The molecule has 0 aromatic heterocycles. The topological polar surface area (TPSA) is 49.4 Å². The highest BCUT2D eigenvalue weighted by Gasteiger charge is 2.37. The molecule has 86 valence electrons. The van der Waals surface area contributed by atoms with Crippen molar-refractivity contribution in [2.24, 2.45) is 0 Å². The summed E-state index contributed by atoms with van der Waals surface area (Å²) in [6, 6.07) is -0.0434. The number of amides is 2. The number of carbonyl (C=O) groups excluding carboxylic acids is 2. The van der Waals surface area contributed by atoms with Gasteiger partial charge < -0.3 is 5.32 Å². The van der Waals surface area contributed by atoms with Crippen LogP contribution in [-0.2, 0) is 9.59 Å². The van der Waals surface area contributed by atoms with Gasteiger partial charge in [-0.2, -0.15) is 11.8 Å². The number of hydrogen-bond donors (Lipinski definition) is 1. The fourth-order valence-electron chi connectivity index (χ4n) is 1.79. The van der Waals surface area contributed by atoms with Crippen LogP contribution in [0.2, 0.25) is 0 Å². The lowest BCUT2D eigenvalue weighted by Gasteiger charge is -2.17. The Morgan fingerprint density at radius 3 is 2.73 bits per heavy atom. The molecule has 0 bridgehead atoms. The molecule has 0 saturated carbocycles. The Kier molecular flexibility index (Phi) is 4.60. The average Bonchev–Trinajstić information content (AvgIpc) is 2.42. The van der Waals surface area contributed by atoms with E-state index in [0.29, 0.717) is 13.0 Å². The van der Waals surface area contributed by atoms with Crippen molar-refractivity contribution in [1.82, 2.24) is 10.2 Å². The van der Waals surface area contributed by atoms with Crippen molar-refractivity contribution in [3.8, 4) is 0 Å². The second-order valence-corrected chi connectivity index (χ2v) is 4.67. The average molecular weight is 230 g/mol. The zero-order valence-corrected chi connectivity index (χ0v) is 10.3. The first kappa shape index (κ1) is 12.5. The third-order valence-electron chi connectivity index (χ3n) is 2.46. The molecule has 0 aromatic carbocycles. The van der Waals surface area contributed by atoms with E-state index in [1.54, 1.807) is 11.8 Å². The number of likely N-dealkylation sites (N-methyl/N-ethyl adjacent to an activating group) is 1. The van der Waals surface area contributed by atoms with Gasteiger partial charge in [-0.05, 0) is 20.1 Å². The van der Waals surface area contributed by atoms with Gasteiger partial charge in [0.1, 0.15) is 0 Å². The maximum atomic E-state index is 11.7. The number of rotatable bonds is 5. The molecule has 2 unspecified atom stereocenters. The summed E-state index contributed by atoms with van der Waals surface area (Å²) in [4.78, 5) is 24.5. The van der Waals surface area contributed by atoms with Gasteiger partial charge in [0.25, 0.3) is 0 Å². The Bertz CT molecular complexity index is 258. The fourth-order valence-corrected chi connectivity index (χ4v) is 2.38. The Morgan fingerprint density at radius 1 is 1.60 bits per heavy atom. The lowest BCUT2D eigenvalue weighted by Crippen LogP contribution is -2.43. The van der Waals surface area contributed by atoms with Crippen molar-refractivity contribution in [2.45, 2.75) is 32.4 Å². The van der Waals surface area contributed by atoms with Crippen LogP contribution >= 0.6 is 11.8 Å². The number of nitrogens with one attached hydrogen (secondary N) is 1. The summed E-state index contributed by atoms with van der Waals surface area (Å²) in [5.41, 5.74) is 0. The first-order chi connectivity index (χ1) is 7.10. The minimum Gasteiger partial charge on any atom is -0.302 e. The number of likely N-dealkylation sites (tertiary alicyclic amines) is 1. The summed E-state index contributed by atoms with van der Waals surface area (Å²) < 4.78 is 0. The quantitative estimate of drug-likeness (QED) is 0.698. The van der Waals surface area contributed by atoms with Crippen LogP contribution in [0, 0.1) is 0 Å². The number of nitrogens with zero attached hydrogens (tertiary/aromatic N) is 1. The first-order valence-electron chi connectivity index (χ1n) is 5.19. The van der Waals surface area contributed by atoms with Gasteiger partial charge in [-0.15, -0.1) is 0 Å². The molecule has 2 atom stereocenters. The molecule has 4 nitrogen and oxygen atoms in total. The third-order valence-corrected chi connectivity index (χ3v) is 3.30. The van der Waals surface area contributed by atoms with E-state index >= 15 is 0 Å². The van der Waals surface area contributed by atoms with E-state index in [1.165, 1.54) is 4.90 Å². The van der Waals surface area contributed by atoms with Gasteiger partial charge in [0.05, 0.1) is 12.5 Å². The highest BCUT2D eigenvalue weighted by Crippen LogP contribution is 2.13. The monoisotopic (exact) mass is 230 g/mol. The van der Waals surface area contributed by atoms with Gasteiger partial charge >= 0.3 is 0 Å². The van der Waals surface area contributed by atoms with Crippen LogP contribution in [0.25, 0.3) is 0 Å². The van der Waals surface area contributed by atoms with E-state index in [4.69, 9.17) is 0 Å². The van der Waals surface area contributed by atoms with Crippen LogP contribution in [0.3, 0.4) is 0 Å². The van der Waals surface area contributed by atoms with E-state index in [2.05, 4.69) is 5.32 Å². The van der Waals surface area contributed by atoms with E-state index < -0.39 is 0 Å². The number of hydrogen-bond acceptors (Lipinski definition) is 4. The Labute approximate surface area is 94.8 Å². The lowest BCUT2D eigenvalue weighted by atomic mass is 10.2. The Hall–Kier alpha value is -0.550. The zero-order chi connectivity index (χ0) is 11.4. The van der Waals surface area contributed by atoms with Gasteiger partial charge in [0.15, 0.2) is 0 Å². The summed E-state index contributed by atoms with van der Waals surface area (Å²) in [6.45, 7) is 4.33. The molecule has 1 fully saturated rings. The minimum atomic E-state index is -0.306. The predicted octanol–water partition coefficient (Wildman–Crippen LogP) is 0.475. The molecular formula is C10H18N2O2S. The van der Waals surface area contributed by atoms with Crippen molar-refractivity contribution in [3.05, 3.63) is 0 Å². The van der Waals surface area contributed by atoms with Gasteiger partial charge in [0.2, 0.25) is 11.8 Å². The second-order valence-electron chi connectivity index (χ2n) is 3.76. The van der Waals surface area contributed by atoms with Crippen LogP contribution < -0.4 is 5.32 Å². The molecule has 0 aliphatic carbocycles. The van der Waals surface area contributed by atoms with Gasteiger partial charge in [-0.1, -0.05) is 0 Å². The van der Waals surface area contributed by atoms with Gasteiger partial charge in [-0.3, -0.25) is 14.5 Å². The third kappa shape index (κ3) is 2.95. The molecule has 1 N–H and O–H groups in total. The SMILES string of the molecule is CCN1C(=O)CC(NC(C)CSC)C1=O. The highest BCUT2D eigenvalue weighted by molar-refractivity contribution is 7.98. The van der Waals surface area contributed by atoms with E-state index in [-0.39, 0.29) is 23.9 Å². The highest BCUT2D eigenvalue weighted by atomic mass is 32.2. The molecule has 1 rings (SSSR count). The number of thioether (sulfide) groups is 1. The van der Waals surface area contributed by atoms with Gasteiger partial charge in [0, 0.05) is 18.3 Å². The van der Waals surface area contributed by atoms with Crippen LogP contribution in [0.5, 0.6) is 0 Å². The van der Waals surface area contributed by atoms with Crippen LogP contribution in [0.4, 0.5) is 0 Å². The molecule has 15 heavy (non-hydrogen) atoms. The zero-order valence-electron chi connectivity index (χ0n) is 9.45. The second kappa shape index (κ2) is 5.51. The molecule has 0 aromatic rings. The maximum Gasteiger partial charge on any atom is 0.246 e. The summed E-state index contributed by atoms with van der Waals surface area (Å²) in [5, 5.41) is 3.19. The molecule has 1 aliphatic heterocycles. The normalized spacial score (nSPS) is 23.7. The summed E-state index contributed by atoms with van der Waals surface area (Å²) in [7, 11) is 0. The molecule has 1 aliphatic rings. The maximum absolute atomic E-state index is 11.7.